The summed E-state index contributed by atoms with van der Waals surface area (Å²) in [5, 5.41) is 9.32. The molecule has 2 heterocycles. The van der Waals surface area contributed by atoms with Crippen LogP contribution in [0.15, 0.2) is 17.6 Å². The van der Waals surface area contributed by atoms with Crippen LogP contribution in [-0.2, 0) is 21.9 Å². The fraction of sp³-hybridized carbons (Fsp3) is 0.667. The van der Waals surface area contributed by atoms with Gasteiger partial charge in [0.15, 0.2) is 5.03 Å². The minimum atomic E-state index is -3.89. The Bertz CT molecular complexity index is 620. The number of carbonyl (C=O) groups is 1. The molecule has 1 N–H and O–H groups in total. The molecule has 8 heteroatoms. The molecule has 0 amide bonds. The topological polar surface area (TPSA) is 92.5 Å². The number of nitrogens with zero attached hydrogens (tertiary/aromatic N) is 3. The summed E-state index contributed by atoms with van der Waals surface area (Å²) in [5.74, 6) is -1.12. The Kier molecular flexibility index (Phi) is 3.64. The van der Waals surface area contributed by atoms with Crippen molar-refractivity contribution in [3.8, 4) is 0 Å². The van der Waals surface area contributed by atoms with E-state index in [0.717, 1.165) is 4.31 Å². The Morgan fingerprint density at radius 2 is 2.15 bits per heavy atom. The zero-order valence-corrected chi connectivity index (χ0v) is 12.6. The predicted octanol–water partition coefficient (Wildman–Crippen LogP) is 0.684. The summed E-state index contributed by atoms with van der Waals surface area (Å²) >= 11 is 0. The van der Waals surface area contributed by atoms with Crippen molar-refractivity contribution in [2.24, 2.45) is 12.5 Å². The molecule has 112 valence electrons. The Morgan fingerprint density at radius 1 is 1.50 bits per heavy atom. The summed E-state index contributed by atoms with van der Waals surface area (Å²) in [6.45, 7) is 3.77. The number of aryl methyl sites for hydroxylation is 1. The molecule has 2 rings (SSSR count). The lowest BCUT2D eigenvalue weighted by Gasteiger charge is -2.42. The van der Waals surface area contributed by atoms with Gasteiger partial charge >= 0.3 is 5.97 Å². The molecule has 1 saturated heterocycles. The lowest BCUT2D eigenvalue weighted by Crippen LogP contribution is -2.56. The van der Waals surface area contributed by atoms with Gasteiger partial charge in [0.2, 0.25) is 0 Å². The van der Waals surface area contributed by atoms with Gasteiger partial charge in [-0.1, -0.05) is 13.8 Å². The fourth-order valence-electron chi connectivity index (χ4n) is 2.70. The Labute approximate surface area is 118 Å². The van der Waals surface area contributed by atoms with Crippen molar-refractivity contribution in [1.82, 2.24) is 13.9 Å². The van der Waals surface area contributed by atoms with Crippen LogP contribution in [0.2, 0.25) is 0 Å². The van der Waals surface area contributed by atoms with Crippen molar-refractivity contribution < 1.29 is 18.3 Å². The molecule has 0 aromatic carbocycles. The van der Waals surface area contributed by atoms with E-state index >= 15 is 0 Å². The molecule has 1 aliphatic heterocycles. The van der Waals surface area contributed by atoms with Gasteiger partial charge in [-0.15, -0.1) is 0 Å². The molecule has 0 saturated carbocycles. The lowest BCUT2D eigenvalue weighted by atomic mass is 9.77. The minimum Gasteiger partial charge on any atom is -0.480 e. The molecule has 7 nitrogen and oxygen atoms in total. The SMILES string of the molecule is Cn1cnc(S(=O)(=O)N2CCCC(C)(C)C2C(=O)O)c1. The number of imidazole rings is 1. The van der Waals surface area contributed by atoms with Gasteiger partial charge in [0, 0.05) is 19.8 Å². The maximum atomic E-state index is 12.6. The first-order valence-electron chi connectivity index (χ1n) is 6.39. The molecule has 20 heavy (non-hydrogen) atoms. The molecular weight excluding hydrogens is 282 g/mol. The maximum absolute atomic E-state index is 12.6. The Balaban J connectivity index is 2.46. The number of aromatic nitrogens is 2. The van der Waals surface area contributed by atoms with Crippen LogP contribution < -0.4 is 0 Å². The quantitative estimate of drug-likeness (QED) is 0.886. The second-order valence-electron chi connectivity index (χ2n) is 5.83. The number of sulfonamides is 1. The van der Waals surface area contributed by atoms with E-state index in [0.29, 0.717) is 12.8 Å². The number of carboxylic acid groups (broad SMARTS) is 1. The van der Waals surface area contributed by atoms with E-state index in [2.05, 4.69) is 4.98 Å². The molecule has 0 bridgehead atoms. The zero-order chi connectivity index (χ0) is 15.1. The van der Waals surface area contributed by atoms with Crippen LogP contribution in [0, 0.1) is 5.41 Å². The Hall–Kier alpha value is -1.41. The van der Waals surface area contributed by atoms with Crippen LogP contribution in [0.1, 0.15) is 26.7 Å². The summed E-state index contributed by atoms with van der Waals surface area (Å²) < 4.78 is 27.8. The van der Waals surface area contributed by atoms with Crippen LogP contribution in [0.3, 0.4) is 0 Å². The van der Waals surface area contributed by atoms with Crippen molar-refractivity contribution in [2.45, 2.75) is 37.8 Å². The van der Waals surface area contributed by atoms with Gasteiger partial charge in [-0.25, -0.2) is 13.4 Å². The van der Waals surface area contributed by atoms with Crippen molar-refractivity contribution in [1.29, 1.82) is 0 Å². The fourth-order valence-corrected chi connectivity index (χ4v) is 4.45. The van der Waals surface area contributed by atoms with Crippen LogP contribution in [-0.4, -0.2) is 45.9 Å². The number of hydrogen-bond acceptors (Lipinski definition) is 4. The van der Waals surface area contributed by atoms with E-state index in [1.54, 1.807) is 20.9 Å². The Morgan fingerprint density at radius 3 is 2.65 bits per heavy atom. The smallest absolute Gasteiger partial charge is 0.322 e. The molecule has 0 aliphatic carbocycles. The van der Waals surface area contributed by atoms with Gasteiger partial charge in [-0.05, 0) is 18.3 Å². The summed E-state index contributed by atoms with van der Waals surface area (Å²) in [7, 11) is -2.22. The number of carboxylic acids is 1. The van der Waals surface area contributed by atoms with Crippen LogP contribution >= 0.6 is 0 Å². The van der Waals surface area contributed by atoms with Gasteiger partial charge < -0.3 is 9.67 Å². The molecule has 1 aromatic heterocycles. The third kappa shape index (κ3) is 2.45. The molecule has 1 aromatic rings. The first-order chi connectivity index (χ1) is 9.16. The van der Waals surface area contributed by atoms with E-state index in [4.69, 9.17) is 0 Å². The van der Waals surface area contributed by atoms with Gasteiger partial charge in [-0.2, -0.15) is 4.31 Å². The first kappa shape index (κ1) is 15.0. The van der Waals surface area contributed by atoms with E-state index in [9.17, 15) is 18.3 Å². The maximum Gasteiger partial charge on any atom is 0.322 e. The summed E-state index contributed by atoms with van der Waals surface area (Å²) in [5.41, 5.74) is -0.605. The van der Waals surface area contributed by atoms with E-state index in [1.165, 1.54) is 17.1 Å². The summed E-state index contributed by atoms with van der Waals surface area (Å²) in [6, 6.07) is -1.07. The number of piperidine rings is 1. The predicted molar refractivity (Wildman–Crippen MR) is 71.5 cm³/mol. The molecule has 1 fully saturated rings. The molecule has 0 radical (unpaired) electrons. The third-order valence-electron chi connectivity index (χ3n) is 3.72. The molecule has 1 unspecified atom stereocenters. The molecule has 1 atom stereocenters. The molecule has 1 aliphatic rings. The highest BCUT2D eigenvalue weighted by Gasteiger charge is 2.48. The van der Waals surface area contributed by atoms with E-state index < -0.39 is 27.4 Å². The zero-order valence-electron chi connectivity index (χ0n) is 11.8. The second-order valence-corrected chi connectivity index (χ2v) is 7.66. The third-order valence-corrected chi connectivity index (χ3v) is 5.47. The summed E-state index contributed by atoms with van der Waals surface area (Å²) in [4.78, 5) is 15.4. The van der Waals surface area contributed by atoms with Crippen LogP contribution in [0.25, 0.3) is 0 Å². The average molecular weight is 301 g/mol. The van der Waals surface area contributed by atoms with Gasteiger partial charge in [0.25, 0.3) is 10.0 Å². The standard InChI is InChI=1S/C12H19N3O4S/c1-12(2)5-4-6-15(10(12)11(16)17)20(18,19)9-7-14(3)8-13-9/h7-8,10H,4-6H2,1-3H3,(H,16,17). The highest BCUT2D eigenvalue weighted by molar-refractivity contribution is 7.89. The molecule has 0 spiro atoms. The van der Waals surface area contributed by atoms with Crippen molar-refractivity contribution in [3.05, 3.63) is 12.5 Å². The monoisotopic (exact) mass is 301 g/mol. The number of rotatable bonds is 3. The van der Waals surface area contributed by atoms with Crippen molar-refractivity contribution in [3.63, 3.8) is 0 Å². The van der Waals surface area contributed by atoms with Gasteiger partial charge in [0.05, 0.1) is 6.33 Å². The average Bonchev–Trinajstić information content (AvgIpc) is 2.74. The number of aliphatic carboxylic acids is 1. The van der Waals surface area contributed by atoms with Crippen LogP contribution in [0.4, 0.5) is 0 Å². The lowest BCUT2D eigenvalue weighted by molar-refractivity contribution is -0.147. The molecular formula is C12H19N3O4S. The summed E-state index contributed by atoms with van der Waals surface area (Å²) in [6.07, 6.45) is 4.09. The van der Waals surface area contributed by atoms with Crippen molar-refractivity contribution >= 4 is 16.0 Å². The first-order valence-corrected chi connectivity index (χ1v) is 7.83. The number of hydrogen-bond donors (Lipinski definition) is 1. The highest BCUT2D eigenvalue weighted by Crippen LogP contribution is 2.37. The van der Waals surface area contributed by atoms with Gasteiger partial charge in [0.1, 0.15) is 6.04 Å². The normalized spacial score (nSPS) is 23.6. The van der Waals surface area contributed by atoms with E-state index in [-0.39, 0.29) is 11.6 Å². The largest absolute Gasteiger partial charge is 0.480 e. The van der Waals surface area contributed by atoms with Crippen molar-refractivity contribution in [2.75, 3.05) is 6.54 Å². The van der Waals surface area contributed by atoms with E-state index in [1.807, 2.05) is 0 Å². The van der Waals surface area contributed by atoms with Gasteiger partial charge in [-0.3, -0.25) is 4.79 Å². The van der Waals surface area contributed by atoms with Crippen LogP contribution in [0.5, 0.6) is 0 Å². The second kappa shape index (κ2) is 4.85. The minimum absolute atomic E-state index is 0.107. The highest BCUT2D eigenvalue weighted by atomic mass is 32.2.